The number of hydrogen-bond donors (Lipinski definition) is 2. The van der Waals surface area contributed by atoms with Crippen LogP contribution in [0.25, 0.3) is 5.57 Å². The van der Waals surface area contributed by atoms with Crippen molar-refractivity contribution in [3.63, 3.8) is 0 Å². The molecule has 2 aromatic rings. The zero-order valence-corrected chi connectivity index (χ0v) is 25.5. The normalized spacial score (nSPS) is 11.1. The number of aryl methyl sites for hydroxylation is 1. The molecule has 1 fully saturated rings. The second kappa shape index (κ2) is 24.8. The lowest BCUT2D eigenvalue weighted by molar-refractivity contribution is -0.159. The Kier molecular flexibility index (Phi) is 24.2. The fourth-order valence-electron chi connectivity index (χ4n) is 2.83. The molecule has 224 valence electrons. The molecular weight excluding hydrogens is 534 g/mol. The number of rotatable bonds is 8. The SMILES string of the molecule is C1CCOC1.C=C(C)OOCl.C=C(C)c1ccc(C(=O)O)cc1.CCN(CC)CC.Cc1ccc(C(=O)O)cc1. The summed E-state index contributed by atoms with van der Waals surface area (Å²) in [4.78, 5) is 27.3. The molecule has 3 rings (SSSR count). The maximum Gasteiger partial charge on any atom is 0.335 e. The number of benzene rings is 2. The van der Waals surface area contributed by atoms with Crippen LogP contribution in [0.1, 0.15) is 79.3 Å². The average molecular weight is 580 g/mol. The van der Waals surface area contributed by atoms with E-state index in [4.69, 9.17) is 14.9 Å². The molecule has 1 aliphatic heterocycles. The number of carbonyl (C=O) groups is 2. The van der Waals surface area contributed by atoms with Crippen LogP contribution in [0.5, 0.6) is 0 Å². The monoisotopic (exact) mass is 579 g/mol. The van der Waals surface area contributed by atoms with E-state index in [1.807, 2.05) is 13.8 Å². The predicted octanol–water partition coefficient (Wildman–Crippen LogP) is 7.88. The number of allylic oxidation sites excluding steroid dienone is 2. The van der Waals surface area contributed by atoms with Gasteiger partial charge in [-0.15, -0.1) is 0 Å². The Morgan fingerprint density at radius 3 is 1.40 bits per heavy atom. The summed E-state index contributed by atoms with van der Waals surface area (Å²) in [5, 5.41) is 17.1. The van der Waals surface area contributed by atoms with Crippen molar-refractivity contribution in [2.75, 3.05) is 32.8 Å². The molecule has 1 saturated heterocycles. The van der Waals surface area contributed by atoms with Crippen molar-refractivity contribution >= 4 is 29.4 Å². The molecule has 0 aromatic heterocycles. The van der Waals surface area contributed by atoms with E-state index >= 15 is 0 Å². The Hall–Kier alpha value is -3.17. The van der Waals surface area contributed by atoms with Crippen LogP contribution in [-0.2, 0) is 14.1 Å². The first-order valence-electron chi connectivity index (χ1n) is 13.1. The third-order valence-corrected chi connectivity index (χ3v) is 5.33. The van der Waals surface area contributed by atoms with Gasteiger partial charge in [0, 0.05) is 13.2 Å². The summed E-state index contributed by atoms with van der Waals surface area (Å²) in [6.07, 6.45) is 2.56. The molecule has 2 N–H and O–H groups in total. The Labute approximate surface area is 244 Å². The topological polar surface area (TPSA) is 106 Å². The fraction of sp³-hybridized carbons (Fsp3) is 0.419. The highest BCUT2D eigenvalue weighted by atomic mass is 35.5. The number of carboxylic acids is 2. The van der Waals surface area contributed by atoms with E-state index in [0.717, 1.165) is 29.9 Å². The Morgan fingerprint density at radius 2 is 1.20 bits per heavy atom. The van der Waals surface area contributed by atoms with Crippen LogP contribution >= 0.6 is 11.9 Å². The number of carboxylic acid groups (broad SMARTS) is 2. The predicted molar refractivity (Wildman–Crippen MR) is 163 cm³/mol. The minimum absolute atomic E-state index is 0.306. The van der Waals surface area contributed by atoms with Gasteiger partial charge < -0.3 is 24.7 Å². The highest BCUT2D eigenvalue weighted by Gasteiger charge is 2.01. The number of hydrogen-bond acceptors (Lipinski definition) is 6. The van der Waals surface area contributed by atoms with E-state index in [9.17, 15) is 9.59 Å². The molecule has 8 nitrogen and oxygen atoms in total. The number of nitrogens with zero attached hydrogens (tertiary/aromatic N) is 1. The molecule has 0 amide bonds. The molecule has 1 aliphatic rings. The first-order valence-corrected chi connectivity index (χ1v) is 13.4. The summed E-state index contributed by atoms with van der Waals surface area (Å²) in [6.45, 7) is 24.6. The average Bonchev–Trinajstić information content (AvgIpc) is 3.52. The standard InChI is InChI=1S/C10H10O2.C8H8O2.C6H15N.C4H8O.C3H5ClO2/c1-7(2)8-3-5-9(6-4-8)10(11)12;1-6-2-4-7(5-3-6)8(9)10;1-4-7(5-2)6-3;1-2-4-5-3-1;1-3(2)5-6-4/h3-6H,1H2,2H3,(H,11,12);2-5H,1H3,(H,9,10);4-6H2,1-3H3;1-4H2;1H2,2H3. The molecule has 9 heteroatoms. The van der Waals surface area contributed by atoms with Crippen LogP contribution < -0.4 is 0 Å². The van der Waals surface area contributed by atoms with Gasteiger partial charge in [-0.1, -0.05) is 73.8 Å². The zero-order chi connectivity index (χ0) is 30.9. The molecule has 0 spiro atoms. The smallest absolute Gasteiger partial charge is 0.335 e. The van der Waals surface area contributed by atoms with Gasteiger partial charge in [-0.25, -0.2) is 9.59 Å². The van der Waals surface area contributed by atoms with Crippen LogP contribution in [0.4, 0.5) is 0 Å². The van der Waals surface area contributed by atoms with Crippen molar-refractivity contribution in [3.8, 4) is 0 Å². The second-order valence-electron chi connectivity index (χ2n) is 8.62. The zero-order valence-electron chi connectivity index (χ0n) is 24.7. The largest absolute Gasteiger partial charge is 0.478 e. The summed E-state index contributed by atoms with van der Waals surface area (Å²) in [7, 11) is 0. The van der Waals surface area contributed by atoms with Crippen molar-refractivity contribution in [2.45, 2.75) is 54.4 Å². The van der Waals surface area contributed by atoms with Gasteiger partial charge >= 0.3 is 11.9 Å². The minimum atomic E-state index is -0.900. The molecule has 0 atom stereocenters. The van der Waals surface area contributed by atoms with Gasteiger partial charge in [0.05, 0.1) is 11.1 Å². The third kappa shape index (κ3) is 21.7. The number of ether oxygens (including phenoxy) is 1. The molecule has 0 saturated carbocycles. The lowest BCUT2D eigenvalue weighted by atomic mass is 10.1. The first kappa shape index (κ1) is 39.0. The van der Waals surface area contributed by atoms with Crippen LogP contribution in [0.15, 0.2) is 67.4 Å². The van der Waals surface area contributed by atoms with E-state index in [0.29, 0.717) is 16.9 Å². The van der Waals surface area contributed by atoms with Crippen LogP contribution in [0, 0.1) is 6.92 Å². The lowest BCUT2D eigenvalue weighted by Crippen LogP contribution is -2.21. The van der Waals surface area contributed by atoms with Crippen LogP contribution in [-0.4, -0.2) is 59.9 Å². The maximum atomic E-state index is 10.5. The summed E-state index contributed by atoms with van der Waals surface area (Å²) in [5.41, 5.74) is 3.63. The van der Waals surface area contributed by atoms with Gasteiger partial charge in [0.2, 0.25) is 0 Å². The van der Waals surface area contributed by atoms with E-state index in [1.54, 1.807) is 55.5 Å². The minimum Gasteiger partial charge on any atom is -0.478 e. The highest BCUT2D eigenvalue weighted by Crippen LogP contribution is 2.12. The van der Waals surface area contributed by atoms with E-state index in [1.165, 1.54) is 32.5 Å². The molecule has 0 radical (unpaired) electrons. The quantitative estimate of drug-likeness (QED) is 0.185. The molecule has 40 heavy (non-hydrogen) atoms. The van der Waals surface area contributed by atoms with Gasteiger partial charge in [0.1, 0.15) is 17.6 Å². The molecule has 2 aromatic carbocycles. The van der Waals surface area contributed by atoms with E-state index < -0.39 is 11.9 Å². The van der Waals surface area contributed by atoms with Crippen molar-refractivity contribution in [3.05, 3.63) is 89.7 Å². The van der Waals surface area contributed by atoms with E-state index in [-0.39, 0.29) is 0 Å². The fourth-order valence-corrected chi connectivity index (χ4v) is 2.94. The third-order valence-electron chi connectivity index (χ3n) is 5.27. The molecule has 1 heterocycles. The Morgan fingerprint density at radius 1 is 0.825 bits per heavy atom. The van der Waals surface area contributed by atoms with Crippen molar-refractivity contribution in [1.82, 2.24) is 4.90 Å². The summed E-state index contributed by atoms with van der Waals surface area (Å²) in [5.74, 6) is -1.34. The first-order chi connectivity index (χ1) is 18.9. The van der Waals surface area contributed by atoms with Crippen LogP contribution in [0.3, 0.4) is 0 Å². The molecule has 0 unspecified atom stereocenters. The Balaban J connectivity index is 0. The summed E-state index contributed by atoms with van der Waals surface area (Å²) in [6, 6.07) is 13.4. The lowest BCUT2D eigenvalue weighted by Gasteiger charge is -2.13. The Bertz CT molecular complexity index is 922. The maximum absolute atomic E-state index is 10.5. The van der Waals surface area contributed by atoms with Gasteiger partial charge in [-0.2, -0.15) is 0 Å². The van der Waals surface area contributed by atoms with Crippen molar-refractivity contribution in [2.24, 2.45) is 0 Å². The van der Waals surface area contributed by atoms with Gasteiger partial charge in [0.25, 0.3) is 0 Å². The molecule has 0 bridgehead atoms. The second-order valence-corrected chi connectivity index (χ2v) is 8.75. The molecule has 0 aliphatic carbocycles. The highest BCUT2D eigenvalue weighted by molar-refractivity contribution is 6.06. The van der Waals surface area contributed by atoms with Crippen molar-refractivity contribution in [1.29, 1.82) is 0 Å². The van der Waals surface area contributed by atoms with Gasteiger partial charge in [-0.05, 0) is 83.1 Å². The van der Waals surface area contributed by atoms with E-state index in [2.05, 4.69) is 60.0 Å². The number of aromatic carboxylic acids is 2. The van der Waals surface area contributed by atoms with Crippen molar-refractivity contribution < 1.29 is 33.9 Å². The molecular formula is C31H46ClNO7. The number of halogens is 1. The van der Waals surface area contributed by atoms with Gasteiger partial charge in [0.15, 0.2) is 0 Å². The van der Waals surface area contributed by atoms with Gasteiger partial charge in [-0.3, -0.25) is 0 Å². The van der Waals surface area contributed by atoms with Crippen LogP contribution in [0.2, 0.25) is 0 Å². The summed E-state index contributed by atoms with van der Waals surface area (Å²) < 4.78 is 8.62. The summed E-state index contributed by atoms with van der Waals surface area (Å²) >= 11 is 4.61.